The largest absolute Gasteiger partial charge is 0.339 e. The number of hydrogen-bond donors (Lipinski definition) is 0. The molecule has 0 unspecified atom stereocenters. The molecular weight excluding hydrogens is 262 g/mol. The highest BCUT2D eigenvalue weighted by atomic mass is 16.2. The van der Waals surface area contributed by atoms with Gasteiger partial charge in [0.2, 0.25) is 5.91 Å². The van der Waals surface area contributed by atoms with Gasteiger partial charge < -0.3 is 14.7 Å². The summed E-state index contributed by atoms with van der Waals surface area (Å²) in [5.41, 5.74) is 0.829. The van der Waals surface area contributed by atoms with Crippen LogP contribution >= 0.6 is 0 Å². The standard InChI is InChI=1S/C17H25N3O/c1-14(2)19-11-9-17(10-12-19)16(21)18(3)13-20(17)15-7-5-4-6-8-15/h4-8,14H,9-13H2,1-3H3. The van der Waals surface area contributed by atoms with E-state index in [2.05, 4.69) is 47.9 Å². The molecule has 1 aromatic carbocycles. The van der Waals surface area contributed by atoms with Crippen molar-refractivity contribution in [3.05, 3.63) is 30.3 Å². The zero-order chi connectivity index (χ0) is 15.0. The monoisotopic (exact) mass is 287 g/mol. The highest BCUT2D eigenvalue weighted by molar-refractivity contribution is 5.93. The van der Waals surface area contributed by atoms with Gasteiger partial charge in [-0.1, -0.05) is 18.2 Å². The number of benzene rings is 1. The fourth-order valence-electron chi connectivity index (χ4n) is 3.71. The van der Waals surface area contributed by atoms with Gasteiger partial charge in [0, 0.05) is 31.9 Å². The van der Waals surface area contributed by atoms with Gasteiger partial charge in [-0.15, -0.1) is 0 Å². The van der Waals surface area contributed by atoms with Gasteiger partial charge in [0.15, 0.2) is 0 Å². The van der Waals surface area contributed by atoms with Crippen molar-refractivity contribution in [2.75, 3.05) is 31.7 Å². The molecule has 4 heteroatoms. The van der Waals surface area contributed by atoms with Crippen LogP contribution in [0.15, 0.2) is 30.3 Å². The number of likely N-dealkylation sites (tertiary alicyclic amines) is 1. The quantitative estimate of drug-likeness (QED) is 0.834. The second kappa shape index (κ2) is 5.34. The van der Waals surface area contributed by atoms with Crippen molar-refractivity contribution >= 4 is 11.6 Å². The van der Waals surface area contributed by atoms with E-state index in [0.717, 1.165) is 31.6 Å². The average molecular weight is 287 g/mol. The first-order chi connectivity index (χ1) is 10.0. The minimum atomic E-state index is -0.332. The molecule has 4 nitrogen and oxygen atoms in total. The summed E-state index contributed by atoms with van der Waals surface area (Å²) in [6.45, 7) is 7.16. The molecule has 3 rings (SSSR count). The van der Waals surface area contributed by atoms with Crippen molar-refractivity contribution in [1.82, 2.24) is 9.80 Å². The molecule has 0 N–H and O–H groups in total. The van der Waals surface area contributed by atoms with Crippen molar-refractivity contribution in [3.63, 3.8) is 0 Å². The van der Waals surface area contributed by atoms with E-state index in [1.54, 1.807) is 0 Å². The molecule has 0 bridgehead atoms. The molecule has 2 fully saturated rings. The van der Waals surface area contributed by atoms with Crippen LogP contribution in [0.5, 0.6) is 0 Å². The number of piperidine rings is 1. The summed E-state index contributed by atoms with van der Waals surface area (Å²) in [4.78, 5) is 19.5. The van der Waals surface area contributed by atoms with Crippen molar-refractivity contribution in [2.24, 2.45) is 0 Å². The molecule has 0 aliphatic carbocycles. The molecule has 114 valence electrons. The lowest BCUT2D eigenvalue weighted by atomic mass is 9.85. The normalized spacial score (nSPS) is 22.6. The Bertz CT molecular complexity index is 506. The Morgan fingerprint density at radius 1 is 1.10 bits per heavy atom. The maximum Gasteiger partial charge on any atom is 0.249 e. The third kappa shape index (κ3) is 2.31. The van der Waals surface area contributed by atoms with Crippen LogP contribution in [0, 0.1) is 0 Å². The van der Waals surface area contributed by atoms with E-state index in [4.69, 9.17) is 0 Å². The molecule has 2 aliphatic rings. The molecule has 1 spiro atoms. The van der Waals surface area contributed by atoms with Crippen LogP contribution in [0.2, 0.25) is 0 Å². The zero-order valence-corrected chi connectivity index (χ0v) is 13.2. The molecule has 1 amide bonds. The van der Waals surface area contributed by atoms with Crippen LogP contribution < -0.4 is 4.90 Å². The first kappa shape index (κ1) is 14.4. The van der Waals surface area contributed by atoms with Gasteiger partial charge in [0.05, 0.1) is 6.67 Å². The smallest absolute Gasteiger partial charge is 0.249 e. The Balaban J connectivity index is 1.89. The number of amides is 1. The zero-order valence-electron chi connectivity index (χ0n) is 13.2. The molecule has 2 aliphatic heterocycles. The lowest BCUT2D eigenvalue weighted by Gasteiger charge is -2.44. The van der Waals surface area contributed by atoms with Gasteiger partial charge >= 0.3 is 0 Å². The summed E-state index contributed by atoms with van der Waals surface area (Å²) in [6, 6.07) is 10.9. The predicted molar refractivity (Wildman–Crippen MR) is 85.2 cm³/mol. The minimum Gasteiger partial charge on any atom is -0.339 e. The number of nitrogens with zero attached hydrogens (tertiary/aromatic N) is 3. The van der Waals surface area contributed by atoms with Crippen LogP contribution in [-0.4, -0.2) is 54.1 Å². The van der Waals surface area contributed by atoms with Crippen molar-refractivity contribution in [3.8, 4) is 0 Å². The maximum atomic E-state index is 12.8. The van der Waals surface area contributed by atoms with Crippen LogP contribution in [-0.2, 0) is 4.79 Å². The van der Waals surface area contributed by atoms with Crippen LogP contribution in [0.3, 0.4) is 0 Å². The van der Waals surface area contributed by atoms with E-state index in [9.17, 15) is 4.79 Å². The Hall–Kier alpha value is -1.55. The number of hydrogen-bond acceptors (Lipinski definition) is 3. The summed E-state index contributed by atoms with van der Waals surface area (Å²) >= 11 is 0. The third-order valence-corrected chi connectivity index (χ3v) is 5.04. The second-order valence-electron chi connectivity index (χ2n) is 6.57. The van der Waals surface area contributed by atoms with Crippen molar-refractivity contribution in [2.45, 2.75) is 38.3 Å². The molecular formula is C17H25N3O. The molecule has 0 atom stereocenters. The fourth-order valence-corrected chi connectivity index (χ4v) is 3.71. The minimum absolute atomic E-state index is 0.287. The van der Waals surface area contributed by atoms with Gasteiger partial charge in [-0.2, -0.15) is 0 Å². The number of para-hydroxylation sites is 1. The molecule has 1 aromatic rings. The molecule has 2 heterocycles. The van der Waals surface area contributed by atoms with E-state index < -0.39 is 0 Å². The van der Waals surface area contributed by atoms with Gasteiger partial charge in [-0.3, -0.25) is 4.79 Å². The van der Waals surface area contributed by atoms with E-state index in [1.807, 2.05) is 18.0 Å². The SMILES string of the molecule is CC(C)N1CCC2(CC1)C(=O)N(C)CN2c1ccccc1. The van der Waals surface area contributed by atoms with E-state index in [0.29, 0.717) is 12.7 Å². The van der Waals surface area contributed by atoms with E-state index in [-0.39, 0.29) is 11.4 Å². The van der Waals surface area contributed by atoms with Crippen molar-refractivity contribution < 1.29 is 4.79 Å². The lowest BCUT2D eigenvalue weighted by Crippen LogP contribution is -2.57. The molecule has 2 saturated heterocycles. The Morgan fingerprint density at radius 3 is 2.29 bits per heavy atom. The van der Waals surface area contributed by atoms with Gasteiger partial charge in [-0.05, 0) is 38.8 Å². The number of anilines is 1. The molecule has 0 aromatic heterocycles. The van der Waals surface area contributed by atoms with E-state index in [1.165, 1.54) is 0 Å². The number of rotatable bonds is 2. The first-order valence-electron chi connectivity index (χ1n) is 7.87. The summed E-state index contributed by atoms with van der Waals surface area (Å²) < 4.78 is 0. The lowest BCUT2D eigenvalue weighted by molar-refractivity contribution is -0.132. The summed E-state index contributed by atoms with van der Waals surface area (Å²) in [7, 11) is 1.92. The Morgan fingerprint density at radius 2 is 1.71 bits per heavy atom. The molecule has 0 saturated carbocycles. The topological polar surface area (TPSA) is 26.8 Å². The van der Waals surface area contributed by atoms with Crippen LogP contribution in [0.1, 0.15) is 26.7 Å². The molecule has 0 radical (unpaired) electrons. The van der Waals surface area contributed by atoms with E-state index >= 15 is 0 Å². The number of likely N-dealkylation sites (N-methyl/N-ethyl adjacent to an activating group) is 1. The number of carbonyl (C=O) groups excluding carboxylic acids is 1. The second-order valence-corrected chi connectivity index (χ2v) is 6.57. The van der Waals surface area contributed by atoms with Crippen molar-refractivity contribution in [1.29, 1.82) is 0 Å². The summed E-state index contributed by atoms with van der Waals surface area (Å²) in [6.07, 6.45) is 1.84. The van der Waals surface area contributed by atoms with Gasteiger partial charge in [0.25, 0.3) is 0 Å². The Kier molecular flexibility index (Phi) is 3.66. The summed E-state index contributed by atoms with van der Waals surface area (Å²) in [5.74, 6) is 0.287. The number of carbonyl (C=O) groups is 1. The Labute approximate surface area is 127 Å². The van der Waals surface area contributed by atoms with Gasteiger partial charge in [0.1, 0.15) is 5.54 Å². The van der Waals surface area contributed by atoms with Crippen LogP contribution in [0.4, 0.5) is 5.69 Å². The fraction of sp³-hybridized carbons (Fsp3) is 0.588. The average Bonchev–Trinajstić information content (AvgIpc) is 2.74. The first-order valence-corrected chi connectivity index (χ1v) is 7.87. The molecule has 21 heavy (non-hydrogen) atoms. The summed E-state index contributed by atoms with van der Waals surface area (Å²) in [5, 5.41) is 0. The maximum absolute atomic E-state index is 12.8. The van der Waals surface area contributed by atoms with Gasteiger partial charge in [-0.25, -0.2) is 0 Å². The highest BCUT2D eigenvalue weighted by Crippen LogP contribution is 2.39. The third-order valence-electron chi connectivity index (χ3n) is 5.04. The highest BCUT2D eigenvalue weighted by Gasteiger charge is 2.52. The van der Waals surface area contributed by atoms with Crippen LogP contribution in [0.25, 0.3) is 0 Å². The predicted octanol–water partition coefficient (Wildman–Crippen LogP) is 2.17.